The fourth-order valence-corrected chi connectivity index (χ4v) is 1.76. The first kappa shape index (κ1) is 18.6. The molecule has 0 aromatic heterocycles. The van der Waals surface area contributed by atoms with E-state index in [4.69, 9.17) is 0 Å². The van der Waals surface area contributed by atoms with Crippen LogP contribution in [0.15, 0.2) is 40.7 Å². The zero-order valence-corrected chi connectivity index (χ0v) is 12.3. The Morgan fingerprint density at radius 1 is 1.35 bits per heavy atom. The number of nitrogens with zero attached hydrogens (tertiary/aromatic N) is 1. The van der Waals surface area contributed by atoms with Gasteiger partial charge in [-0.1, -0.05) is 32.1 Å². The Morgan fingerprint density at radius 3 is 2.25 bits per heavy atom. The van der Waals surface area contributed by atoms with E-state index in [1.165, 1.54) is 19.1 Å². The molecule has 5 heteroatoms. The summed E-state index contributed by atoms with van der Waals surface area (Å²) in [5.41, 5.74) is 0.913. The van der Waals surface area contributed by atoms with E-state index in [2.05, 4.69) is 11.6 Å². The van der Waals surface area contributed by atoms with E-state index in [-0.39, 0.29) is 5.57 Å². The Balaban J connectivity index is 5.73. The van der Waals surface area contributed by atoms with Crippen LogP contribution < -0.4 is 0 Å². The van der Waals surface area contributed by atoms with E-state index in [1.54, 1.807) is 7.05 Å². The normalized spacial score (nSPS) is 16.8. The van der Waals surface area contributed by atoms with Gasteiger partial charge in [0.2, 0.25) is 0 Å². The maximum atomic E-state index is 14.0. The van der Waals surface area contributed by atoms with Gasteiger partial charge in [-0.25, -0.2) is 4.39 Å². The lowest BCUT2D eigenvalue weighted by atomic mass is 9.94. The highest BCUT2D eigenvalue weighted by molar-refractivity contribution is 6.04. The number of allylic oxidation sites excluding steroid dienone is 5. The summed E-state index contributed by atoms with van der Waals surface area (Å²) >= 11 is 0. The van der Waals surface area contributed by atoms with Gasteiger partial charge in [0.05, 0.1) is 0 Å². The predicted molar refractivity (Wildman–Crippen MR) is 75.6 cm³/mol. The summed E-state index contributed by atoms with van der Waals surface area (Å²) in [5.74, 6) is -3.31. The first-order chi connectivity index (χ1) is 9.20. The maximum absolute atomic E-state index is 14.0. The van der Waals surface area contributed by atoms with Crippen LogP contribution in [-0.4, -0.2) is 18.9 Å². The van der Waals surface area contributed by atoms with Gasteiger partial charge in [0.15, 0.2) is 0 Å². The van der Waals surface area contributed by atoms with Gasteiger partial charge in [-0.2, -0.15) is 13.2 Å². The van der Waals surface area contributed by atoms with Gasteiger partial charge in [-0.15, -0.1) is 0 Å². The summed E-state index contributed by atoms with van der Waals surface area (Å²) in [5, 5.41) is 0. The van der Waals surface area contributed by atoms with Crippen molar-refractivity contribution in [3.8, 4) is 0 Å². The number of alkyl halides is 3. The van der Waals surface area contributed by atoms with Crippen LogP contribution in [0.4, 0.5) is 17.6 Å². The molecular formula is C15H21F4N. The van der Waals surface area contributed by atoms with Crippen LogP contribution in [0.5, 0.6) is 0 Å². The molecule has 1 atom stereocenters. The van der Waals surface area contributed by atoms with Crippen molar-refractivity contribution in [3.63, 3.8) is 0 Å². The predicted octanol–water partition coefficient (Wildman–Crippen LogP) is 5.41. The monoisotopic (exact) mass is 291 g/mol. The summed E-state index contributed by atoms with van der Waals surface area (Å²) < 4.78 is 51.8. The van der Waals surface area contributed by atoms with Gasteiger partial charge in [0, 0.05) is 18.3 Å². The van der Waals surface area contributed by atoms with Crippen LogP contribution in [0.3, 0.4) is 0 Å². The molecule has 0 aromatic carbocycles. The summed E-state index contributed by atoms with van der Waals surface area (Å²) in [6.07, 6.45) is -0.341. The minimum atomic E-state index is -4.60. The van der Waals surface area contributed by atoms with E-state index >= 15 is 0 Å². The molecule has 0 aliphatic heterocycles. The van der Waals surface area contributed by atoms with Crippen molar-refractivity contribution >= 4 is 5.71 Å². The summed E-state index contributed by atoms with van der Waals surface area (Å²) in [6, 6.07) is 0. The molecule has 0 spiro atoms. The third kappa shape index (κ3) is 4.94. The van der Waals surface area contributed by atoms with Gasteiger partial charge in [0.25, 0.3) is 0 Å². The van der Waals surface area contributed by atoms with Crippen molar-refractivity contribution in [2.24, 2.45) is 10.9 Å². The zero-order chi connectivity index (χ0) is 15.9. The molecular weight excluding hydrogens is 270 g/mol. The van der Waals surface area contributed by atoms with Crippen LogP contribution in [0.25, 0.3) is 0 Å². The molecule has 0 bridgehead atoms. The molecule has 0 amide bonds. The molecule has 0 saturated carbocycles. The molecule has 0 heterocycles. The molecule has 1 unspecified atom stereocenters. The van der Waals surface area contributed by atoms with Crippen LogP contribution in [0.2, 0.25) is 0 Å². The van der Waals surface area contributed by atoms with E-state index < -0.39 is 17.9 Å². The Bertz CT molecular complexity index is 428. The van der Waals surface area contributed by atoms with Crippen molar-refractivity contribution in [3.05, 3.63) is 35.7 Å². The van der Waals surface area contributed by atoms with Gasteiger partial charge < -0.3 is 0 Å². The van der Waals surface area contributed by atoms with Crippen LogP contribution in [0.1, 0.15) is 33.6 Å². The van der Waals surface area contributed by atoms with Gasteiger partial charge in [-0.3, -0.25) is 4.99 Å². The lowest BCUT2D eigenvalue weighted by Crippen LogP contribution is -2.21. The molecule has 0 aliphatic carbocycles. The molecule has 20 heavy (non-hydrogen) atoms. The third-order valence-corrected chi connectivity index (χ3v) is 2.99. The van der Waals surface area contributed by atoms with Gasteiger partial charge in [0.1, 0.15) is 11.7 Å². The zero-order valence-electron chi connectivity index (χ0n) is 12.3. The number of hydrogen-bond donors (Lipinski definition) is 0. The average Bonchev–Trinajstić information content (AvgIpc) is 2.39. The average molecular weight is 291 g/mol. The highest BCUT2D eigenvalue weighted by atomic mass is 19.4. The van der Waals surface area contributed by atoms with Gasteiger partial charge in [-0.05, 0) is 25.8 Å². The molecule has 0 N–H and O–H groups in total. The maximum Gasteiger partial charge on any atom is 0.397 e. The highest BCUT2D eigenvalue weighted by Crippen LogP contribution is 2.35. The summed E-state index contributed by atoms with van der Waals surface area (Å²) in [4.78, 5) is 4.04. The minimum absolute atomic E-state index is 0.0382. The molecule has 114 valence electrons. The minimum Gasteiger partial charge on any atom is -0.292 e. The Labute approximate surface area is 117 Å². The molecule has 0 saturated heterocycles. The van der Waals surface area contributed by atoms with E-state index in [0.717, 1.165) is 13.3 Å². The van der Waals surface area contributed by atoms with Gasteiger partial charge >= 0.3 is 6.18 Å². The molecule has 1 nitrogen and oxygen atoms in total. The molecule has 0 fully saturated rings. The second kappa shape index (κ2) is 8.02. The summed E-state index contributed by atoms with van der Waals surface area (Å²) in [7, 11) is 1.54. The molecule has 0 aromatic rings. The second-order valence-corrected chi connectivity index (χ2v) is 4.47. The smallest absolute Gasteiger partial charge is 0.292 e. The molecule has 0 aliphatic rings. The quantitative estimate of drug-likeness (QED) is 0.352. The van der Waals surface area contributed by atoms with E-state index in [9.17, 15) is 17.6 Å². The lowest BCUT2D eigenvalue weighted by Gasteiger charge is -2.18. The Kier molecular flexibility index (Phi) is 7.46. The Morgan fingerprint density at radius 2 is 1.90 bits per heavy atom. The topological polar surface area (TPSA) is 12.4 Å². The van der Waals surface area contributed by atoms with Crippen LogP contribution >= 0.6 is 0 Å². The first-order valence-electron chi connectivity index (χ1n) is 6.42. The summed E-state index contributed by atoms with van der Waals surface area (Å²) in [6.45, 7) is 7.59. The van der Waals surface area contributed by atoms with Crippen LogP contribution in [-0.2, 0) is 0 Å². The van der Waals surface area contributed by atoms with Crippen molar-refractivity contribution in [1.29, 1.82) is 0 Å². The number of halogens is 4. The van der Waals surface area contributed by atoms with Crippen molar-refractivity contribution in [2.45, 2.75) is 39.8 Å². The molecule has 0 rings (SSSR count). The fraction of sp³-hybridized carbons (Fsp3) is 0.533. The first-order valence-corrected chi connectivity index (χ1v) is 6.42. The number of rotatable bonds is 6. The van der Waals surface area contributed by atoms with Crippen molar-refractivity contribution in [2.75, 3.05) is 7.05 Å². The van der Waals surface area contributed by atoms with E-state index in [0.29, 0.717) is 17.7 Å². The SMILES string of the molecule is C=C/C=C(C(CCC)=NC)\C(C)=C(\F)C(C)C(F)(F)F. The number of aliphatic imine (C=N–C) groups is 1. The highest BCUT2D eigenvalue weighted by Gasteiger charge is 2.40. The van der Waals surface area contributed by atoms with Crippen LogP contribution in [0, 0.1) is 5.92 Å². The fourth-order valence-electron chi connectivity index (χ4n) is 1.76. The Hall–Kier alpha value is -1.39. The standard InChI is InChI=1S/C15H21F4N/c1-6-8-12(13(20-5)9-7-2)10(3)14(16)11(4)15(17,18)19/h6,8,11H,1,7,9H2,2-5H3/b12-8+,14-10+,20-13?. The van der Waals surface area contributed by atoms with E-state index in [1.807, 2.05) is 6.92 Å². The second-order valence-electron chi connectivity index (χ2n) is 4.47. The third-order valence-electron chi connectivity index (χ3n) is 2.99. The lowest BCUT2D eigenvalue weighted by molar-refractivity contribution is -0.163. The largest absolute Gasteiger partial charge is 0.397 e. The van der Waals surface area contributed by atoms with Crippen molar-refractivity contribution < 1.29 is 17.6 Å². The molecule has 0 radical (unpaired) electrons. The number of hydrogen-bond acceptors (Lipinski definition) is 1. The van der Waals surface area contributed by atoms with Crippen molar-refractivity contribution in [1.82, 2.24) is 0 Å².